The maximum Gasteiger partial charge on any atom is 0.0479 e. The summed E-state index contributed by atoms with van der Waals surface area (Å²) in [6, 6.07) is 0. The molecule has 78 valence electrons. The molecule has 2 fully saturated rings. The topological polar surface area (TPSA) is 80.3 Å². The highest BCUT2D eigenvalue weighted by molar-refractivity contribution is 5.77. The van der Waals surface area contributed by atoms with Crippen molar-refractivity contribution >= 4 is 11.9 Å². The summed E-state index contributed by atoms with van der Waals surface area (Å²) < 4.78 is 0. The third-order valence-corrected chi connectivity index (χ3v) is 3.94. The van der Waals surface area contributed by atoms with Gasteiger partial charge in [-0.05, 0) is 31.6 Å². The number of hydrogen-bond acceptors (Lipinski definition) is 4. The van der Waals surface area contributed by atoms with Crippen LogP contribution in [0.25, 0.3) is 0 Å². The SMILES string of the molecule is O=C([O-])[C@H]1CC[C@]2(C(=O)[O-])CCC[C@@H]12. The van der Waals surface area contributed by atoms with E-state index in [1.807, 2.05) is 0 Å². The summed E-state index contributed by atoms with van der Waals surface area (Å²) in [5.74, 6) is -2.99. The van der Waals surface area contributed by atoms with Crippen LogP contribution in [0.1, 0.15) is 32.1 Å². The summed E-state index contributed by atoms with van der Waals surface area (Å²) in [6.45, 7) is 0. The molecule has 2 aliphatic rings. The molecule has 0 aromatic rings. The second-order valence-corrected chi connectivity index (χ2v) is 4.41. The van der Waals surface area contributed by atoms with E-state index in [2.05, 4.69) is 0 Å². The number of aliphatic carboxylic acids is 2. The minimum Gasteiger partial charge on any atom is -0.550 e. The Balaban J connectivity index is 2.28. The van der Waals surface area contributed by atoms with Gasteiger partial charge in [0.2, 0.25) is 0 Å². The third kappa shape index (κ3) is 1.06. The Morgan fingerprint density at radius 1 is 1.14 bits per heavy atom. The van der Waals surface area contributed by atoms with Crippen molar-refractivity contribution in [3.63, 3.8) is 0 Å². The van der Waals surface area contributed by atoms with E-state index >= 15 is 0 Å². The van der Waals surface area contributed by atoms with Crippen molar-refractivity contribution in [2.24, 2.45) is 17.3 Å². The van der Waals surface area contributed by atoms with Crippen LogP contribution in [0.4, 0.5) is 0 Å². The number of carbonyl (C=O) groups excluding carboxylic acids is 2. The number of carboxylic acids is 2. The average molecular weight is 196 g/mol. The lowest BCUT2D eigenvalue weighted by Crippen LogP contribution is -2.45. The molecule has 0 N–H and O–H groups in total. The maximum atomic E-state index is 11.0. The summed E-state index contributed by atoms with van der Waals surface area (Å²) in [5.41, 5.74) is -0.856. The van der Waals surface area contributed by atoms with Crippen LogP contribution >= 0.6 is 0 Å². The Bertz CT molecular complexity index is 286. The Labute approximate surface area is 81.9 Å². The average Bonchev–Trinajstić information content (AvgIpc) is 2.58. The van der Waals surface area contributed by atoms with Gasteiger partial charge in [0.1, 0.15) is 0 Å². The molecule has 0 saturated heterocycles. The molecule has 0 amide bonds. The minimum atomic E-state index is -1.10. The fraction of sp³-hybridized carbons (Fsp3) is 0.800. The highest BCUT2D eigenvalue weighted by Crippen LogP contribution is 2.56. The minimum absolute atomic E-state index is 0.252. The molecule has 2 rings (SSSR count). The fourth-order valence-corrected chi connectivity index (χ4v) is 3.25. The van der Waals surface area contributed by atoms with Crippen molar-refractivity contribution in [1.29, 1.82) is 0 Å². The first kappa shape index (κ1) is 9.49. The molecular formula is C10H12O4-2. The molecule has 0 aromatic carbocycles. The molecule has 2 saturated carbocycles. The van der Waals surface area contributed by atoms with Crippen LogP contribution < -0.4 is 10.2 Å². The van der Waals surface area contributed by atoms with Crippen LogP contribution in [0.5, 0.6) is 0 Å². The summed E-state index contributed by atoms with van der Waals surface area (Å²) in [5, 5.41) is 21.8. The van der Waals surface area contributed by atoms with Gasteiger partial charge >= 0.3 is 0 Å². The number of rotatable bonds is 2. The van der Waals surface area contributed by atoms with E-state index in [9.17, 15) is 19.8 Å². The van der Waals surface area contributed by atoms with Gasteiger partial charge in [0.25, 0.3) is 0 Å². The summed E-state index contributed by atoms with van der Waals surface area (Å²) in [7, 11) is 0. The first-order chi connectivity index (χ1) is 6.58. The van der Waals surface area contributed by atoms with Crippen LogP contribution in [0.15, 0.2) is 0 Å². The Morgan fingerprint density at radius 2 is 1.86 bits per heavy atom. The van der Waals surface area contributed by atoms with Gasteiger partial charge < -0.3 is 19.8 Å². The summed E-state index contributed by atoms with van der Waals surface area (Å²) in [6.07, 6.45) is 2.93. The number of fused-ring (bicyclic) bond motifs is 1. The van der Waals surface area contributed by atoms with Gasteiger partial charge in [-0.15, -0.1) is 0 Å². The Kier molecular flexibility index (Phi) is 2.01. The van der Waals surface area contributed by atoms with E-state index in [-0.39, 0.29) is 5.92 Å². The first-order valence-corrected chi connectivity index (χ1v) is 5.00. The first-order valence-electron chi connectivity index (χ1n) is 5.00. The lowest BCUT2D eigenvalue weighted by Gasteiger charge is -2.32. The molecule has 4 heteroatoms. The van der Waals surface area contributed by atoms with E-state index in [4.69, 9.17) is 0 Å². The van der Waals surface area contributed by atoms with Gasteiger partial charge in [-0.3, -0.25) is 0 Å². The molecular weight excluding hydrogens is 184 g/mol. The van der Waals surface area contributed by atoms with E-state index in [0.717, 1.165) is 6.42 Å². The smallest absolute Gasteiger partial charge is 0.0479 e. The van der Waals surface area contributed by atoms with Crippen molar-refractivity contribution < 1.29 is 19.8 Å². The zero-order chi connectivity index (χ0) is 10.3. The second kappa shape index (κ2) is 2.97. The Hall–Kier alpha value is -1.06. The molecule has 0 radical (unpaired) electrons. The molecule has 0 aliphatic heterocycles. The molecule has 0 aromatic heterocycles. The molecule has 0 spiro atoms. The van der Waals surface area contributed by atoms with E-state index in [0.29, 0.717) is 25.7 Å². The van der Waals surface area contributed by atoms with Crippen LogP contribution in [-0.2, 0) is 9.59 Å². The van der Waals surface area contributed by atoms with Crippen molar-refractivity contribution in [3.05, 3.63) is 0 Å². The fourth-order valence-electron chi connectivity index (χ4n) is 3.25. The van der Waals surface area contributed by atoms with Crippen LogP contribution in [-0.4, -0.2) is 11.9 Å². The van der Waals surface area contributed by atoms with E-state index in [1.54, 1.807) is 0 Å². The Morgan fingerprint density at radius 3 is 2.43 bits per heavy atom. The van der Waals surface area contributed by atoms with Crippen molar-refractivity contribution in [2.75, 3.05) is 0 Å². The lowest BCUT2D eigenvalue weighted by atomic mass is 9.78. The monoisotopic (exact) mass is 196 g/mol. The molecule has 3 atom stereocenters. The zero-order valence-corrected chi connectivity index (χ0v) is 7.82. The van der Waals surface area contributed by atoms with Crippen molar-refractivity contribution in [1.82, 2.24) is 0 Å². The number of hydrogen-bond donors (Lipinski definition) is 0. The second-order valence-electron chi connectivity index (χ2n) is 4.41. The predicted molar refractivity (Wildman–Crippen MR) is 42.5 cm³/mol. The molecule has 0 heterocycles. The van der Waals surface area contributed by atoms with Crippen molar-refractivity contribution in [2.45, 2.75) is 32.1 Å². The van der Waals surface area contributed by atoms with Gasteiger partial charge in [0.15, 0.2) is 0 Å². The summed E-state index contributed by atoms with van der Waals surface area (Å²) in [4.78, 5) is 21.8. The van der Waals surface area contributed by atoms with Crippen LogP contribution in [0, 0.1) is 17.3 Å². The quantitative estimate of drug-likeness (QED) is 0.548. The van der Waals surface area contributed by atoms with Gasteiger partial charge in [-0.25, -0.2) is 0 Å². The van der Waals surface area contributed by atoms with E-state index in [1.165, 1.54) is 0 Å². The van der Waals surface area contributed by atoms with Gasteiger partial charge in [-0.1, -0.05) is 6.42 Å². The highest BCUT2D eigenvalue weighted by atomic mass is 16.4. The van der Waals surface area contributed by atoms with Crippen LogP contribution in [0.3, 0.4) is 0 Å². The molecule has 4 nitrogen and oxygen atoms in total. The van der Waals surface area contributed by atoms with E-state index < -0.39 is 23.3 Å². The van der Waals surface area contributed by atoms with Crippen LogP contribution in [0.2, 0.25) is 0 Å². The van der Waals surface area contributed by atoms with Gasteiger partial charge in [-0.2, -0.15) is 0 Å². The highest BCUT2D eigenvalue weighted by Gasteiger charge is 2.52. The molecule has 14 heavy (non-hydrogen) atoms. The standard InChI is InChI=1S/C10H14O4/c11-8(12)6-3-5-10(9(13)14)4-1-2-7(6)10/h6-7H,1-5H2,(H,11,12)(H,13,14)/p-2/t6-,7-,10+/m0/s1. The summed E-state index contributed by atoms with van der Waals surface area (Å²) >= 11 is 0. The number of carbonyl (C=O) groups is 2. The van der Waals surface area contributed by atoms with Crippen molar-refractivity contribution in [3.8, 4) is 0 Å². The normalized spacial score (nSPS) is 40.9. The maximum absolute atomic E-state index is 11.0. The zero-order valence-electron chi connectivity index (χ0n) is 7.82. The molecule has 2 aliphatic carbocycles. The third-order valence-electron chi connectivity index (χ3n) is 3.94. The van der Waals surface area contributed by atoms with Gasteiger partial charge in [0.05, 0.1) is 0 Å². The number of carboxylic acid groups (broad SMARTS) is 2. The lowest BCUT2D eigenvalue weighted by molar-refractivity contribution is -0.322. The van der Waals surface area contributed by atoms with Gasteiger partial charge in [0, 0.05) is 23.3 Å². The molecule has 0 unspecified atom stereocenters. The molecule has 0 bridgehead atoms. The largest absolute Gasteiger partial charge is 0.550 e. The predicted octanol–water partition coefficient (Wildman–Crippen LogP) is -1.32.